The lowest BCUT2D eigenvalue weighted by atomic mass is 9.99. The maximum absolute atomic E-state index is 10.8. The van der Waals surface area contributed by atoms with Crippen molar-refractivity contribution < 1.29 is 9.53 Å². The van der Waals surface area contributed by atoms with Crippen LogP contribution in [0.3, 0.4) is 0 Å². The average molecular weight is 315 g/mol. The van der Waals surface area contributed by atoms with Gasteiger partial charge in [0.1, 0.15) is 18.4 Å². The number of ether oxygens (including phenoxy) is 1. The summed E-state index contributed by atoms with van der Waals surface area (Å²) in [6.07, 6.45) is 1.68. The number of nitrogens with zero attached hydrogens (tertiary/aromatic N) is 1. The van der Waals surface area contributed by atoms with Crippen LogP contribution in [0.2, 0.25) is 0 Å². The second-order valence-electron chi connectivity index (χ2n) is 5.38. The number of aliphatic imine (C=N–C) groups is 1. The molecule has 0 aliphatic rings. The molecule has 0 aliphatic carbocycles. The van der Waals surface area contributed by atoms with Crippen molar-refractivity contribution in [3.63, 3.8) is 0 Å². The molecule has 1 atom stereocenters. The van der Waals surface area contributed by atoms with Crippen molar-refractivity contribution in [3.8, 4) is 5.75 Å². The van der Waals surface area contributed by atoms with Gasteiger partial charge in [0.2, 0.25) is 6.08 Å². The fourth-order valence-electron chi connectivity index (χ4n) is 2.54. The van der Waals surface area contributed by atoms with Gasteiger partial charge < -0.3 is 4.74 Å². The standard InChI is InChI=1S/C21H17NO2/c23-16-22-21(18-10-5-2-6-11-18)19-12-7-13-20(14-19)24-15-17-8-3-1-4-9-17/h1-14,21H,15H2. The van der Waals surface area contributed by atoms with Crippen LogP contribution < -0.4 is 4.74 Å². The van der Waals surface area contributed by atoms with Crippen molar-refractivity contribution in [1.29, 1.82) is 0 Å². The quantitative estimate of drug-likeness (QED) is 0.489. The second-order valence-corrected chi connectivity index (χ2v) is 5.38. The Bertz CT molecular complexity index is 825. The van der Waals surface area contributed by atoms with E-state index in [9.17, 15) is 4.79 Å². The van der Waals surface area contributed by atoms with E-state index in [-0.39, 0.29) is 6.04 Å². The second kappa shape index (κ2) is 7.91. The highest BCUT2D eigenvalue weighted by atomic mass is 16.5. The SMILES string of the molecule is O=C=NC(c1ccccc1)c1cccc(OCc2ccccc2)c1. The first kappa shape index (κ1) is 15.7. The summed E-state index contributed by atoms with van der Waals surface area (Å²) < 4.78 is 5.86. The normalized spacial score (nSPS) is 11.3. The van der Waals surface area contributed by atoms with Gasteiger partial charge in [-0.05, 0) is 28.8 Å². The van der Waals surface area contributed by atoms with Crippen LogP contribution in [-0.4, -0.2) is 6.08 Å². The summed E-state index contributed by atoms with van der Waals surface area (Å²) in [6.45, 7) is 0.497. The van der Waals surface area contributed by atoms with E-state index in [4.69, 9.17) is 4.74 Å². The fraction of sp³-hybridized carbons (Fsp3) is 0.0952. The molecule has 0 saturated heterocycles. The molecule has 24 heavy (non-hydrogen) atoms. The van der Waals surface area contributed by atoms with Crippen LogP contribution in [0.15, 0.2) is 89.9 Å². The molecule has 3 aromatic rings. The lowest BCUT2D eigenvalue weighted by molar-refractivity contribution is 0.306. The van der Waals surface area contributed by atoms with Crippen molar-refractivity contribution >= 4 is 6.08 Å². The number of carbonyl (C=O) groups excluding carboxylic acids is 1. The zero-order valence-electron chi connectivity index (χ0n) is 13.1. The highest BCUT2D eigenvalue weighted by Crippen LogP contribution is 2.28. The molecule has 0 heterocycles. The van der Waals surface area contributed by atoms with Crippen molar-refractivity contribution in [2.45, 2.75) is 12.6 Å². The van der Waals surface area contributed by atoms with Crippen molar-refractivity contribution in [2.75, 3.05) is 0 Å². The van der Waals surface area contributed by atoms with E-state index in [0.717, 1.165) is 22.4 Å². The molecule has 3 heteroatoms. The predicted octanol–water partition coefficient (Wildman–Crippen LogP) is 4.69. The molecule has 0 spiro atoms. The first-order valence-corrected chi connectivity index (χ1v) is 7.75. The highest BCUT2D eigenvalue weighted by molar-refractivity contribution is 5.42. The van der Waals surface area contributed by atoms with Crippen LogP contribution in [0, 0.1) is 0 Å². The molecular formula is C21H17NO2. The zero-order chi connectivity index (χ0) is 16.6. The Morgan fingerprint density at radius 2 is 1.50 bits per heavy atom. The van der Waals surface area contributed by atoms with Crippen LogP contribution in [0.4, 0.5) is 0 Å². The summed E-state index contributed by atoms with van der Waals surface area (Å²) in [7, 11) is 0. The summed E-state index contributed by atoms with van der Waals surface area (Å²) in [6, 6.07) is 27.0. The third-order valence-electron chi connectivity index (χ3n) is 3.72. The number of hydrogen-bond donors (Lipinski definition) is 0. The minimum atomic E-state index is -0.371. The van der Waals surface area contributed by atoms with Gasteiger partial charge in [-0.3, -0.25) is 0 Å². The van der Waals surface area contributed by atoms with Gasteiger partial charge in [-0.1, -0.05) is 72.8 Å². The number of hydrogen-bond acceptors (Lipinski definition) is 3. The molecule has 0 radical (unpaired) electrons. The molecule has 3 aromatic carbocycles. The number of rotatable bonds is 6. The van der Waals surface area contributed by atoms with Gasteiger partial charge in [0.15, 0.2) is 0 Å². The maximum Gasteiger partial charge on any atom is 0.235 e. The summed E-state index contributed by atoms with van der Waals surface area (Å²) in [4.78, 5) is 14.8. The lowest BCUT2D eigenvalue weighted by Crippen LogP contribution is -2.00. The molecule has 3 rings (SSSR count). The van der Waals surface area contributed by atoms with E-state index < -0.39 is 0 Å². The Balaban J connectivity index is 1.81. The number of isocyanates is 1. The van der Waals surface area contributed by atoms with Crippen molar-refractivity contribution in [3.05, 3.63) is 102 Å². The van der Waals surface area contributed by atoms with Crippen molar-refractivity contribution in [2.24, 2.45) is 4.99 Å². The van der Waals surface area contributed by atoms with Crippen LogP contribution in [0.1, 0.15) is 22.7 Å². The Morgan fingerprint density at radius 1 is 0.833 bits per heavy atom. The van der Waals surface area contributed by atoms with Crippen LogP contribution in [0.25, 0.3) is 0 Å². The first-order chi connectivity index (χ1) is 11.9. The van der Waals surface area contributed by atoms with E-state index in [1.165, 1.54) is 0 Å². The van der Waals surface area contributed by atoms with E-state index in [1.54, 1.807) is 6.08 Å². The van der Waals surface area contributed by atoms with E-state index in [1.807, 2.05) is 84.9 Å². The summed E-state index contributed by atoms with van der Waals surface area (Å²) in [5.41, 5.74) is 2.95. The van der Waals surface area contributed by atoms with E-state index in [2.05, 4.69) is 4.99 Å². The topological polar surface area (TPSA) is 38.7 Å². The smallest absolute Gasteiger partial charge is 0.235 e. The molecule has 0 fully saturated rings. The summed E-state index contributed by atoms with van der Waals surface area (Å²) in [5.74, 6) is 0.749. The Morgan fingerprint density at radius 3 is 2.21 bits per heavy atom. The average Bonchev–Trinajstić information content (AvgIpc) is 2.66. The molecule has 3 nitrogen and oxygen atoms in total. The van der Waals surface area contributed by atoms with E-state index in [0.29, 0.717) is 6.61 Å². The third-order valence-corrected chi connectivity index (χ3v) is 3.72. The van der Waals surface area contributed by atoms with Crippen LogP contribution in [-0.2, 0) is 11.4 Å². The Labute approximate surface area is 141 Å². The fourth-order valence-corrected chi connectivity index (χ4v) is 2.54. The molecule has 0 saturated carbocycles. The zero-order valence-corrected chi connectivity index (χ0v) is 13.1. The molecule has 0 aliphatic heterocycles. The molecule has 0 N–H and O–H groups in total. The minimum absolute atomic E-state index is 0.371. The molecular weight excluding hydrogens is 298 g/mol. The first-order valence-electron chi connectivity index (χ1n) is 7.75. The van der Waals surface area contributed by atoms with Crippen LogP contribution >= 0.6 is 0 Å². The Hall–Kier alpha value is -3.16. The van der Waals surface area contributed by atoms with Gasteiger partial charge in [-0.15, -0.1) is 0 Å². The van der Waals surface area contributed by atoms with Crippen molar-refractivity contribution in [1.82, 2.24) is 0 Å². The maximum atomic E-state index is 10.8. The lowest BCUT2D eigenvalue weighted by Gasteiger charge is -2.13. The molecule has 0 aromatic heterocycles. The van der Waals surface area contributed by atoms with E-state index >= 15 is 0 Å². The van der Waals surface area contributed by atoms with Gasteiger partial charge in [-0.25, -0.2) is 4.79 Å². The van der Waals surface area contributed by atoms with Gasteiger partial charge >= 0.3 is 0 Å². The molecule has 0 bridgehead atoms. The van der Waals surface area contributed by atoms with Gasteiger partial charge in [0, 0.05) is 0 Å². The Kier molecular flexibility index (Phi) is 5.18. The largest absolute Gasteiger partial charge is 0.489 e. The highest BCUT2D eigenvalue weighted by Gasteiger charge is 2.13. The summed E-state index contributed by atoms with van der Waals surface area (Å²) in [5, 5.41) is 0. The minimum Gasteiger partial charge on any atom is -0.489 e. The molecule has 0 amide bonds. The van der Waals surface area contributed by atoms with Crippen LogP contribution in [0.5, 0.6) is 5.75 Å². The van der Waals surface area contributed by atoms with Gasteiger partial charge in [-0.2, -0.15) is 4.99 Å². The van der Waals surface area contributed by atoms with Gasteiger partial charge in [0.05, 0.1) is 0 Å². The third kappa shape index (κ3) is 3.97. The number of benzene rings is 3. The van der Waals surface area contributed by atoms with Gasteiger partial charge in [0.25, 0.3) is 0 Å². The monoisotopic (exact) mass is 315 g/mol. The molecule has 118 valence electrons. The predicted molar refractivity (Wildman–Crippen MR) is 93.6 cm³/mol. The molecule has 1 unspecified atom stereocenters. The summed E-state index contributed by atoms with van der Waals surface area (Å²) >= 11 is 0.